The Kier molecular flexibility index (Phi) is 3.38. The van der Waals surface area contributed by atoms with Gasteiger partial charge in [0.25, 0.3) is 0 Å². The van der Waals surface area contributed by atoms with Crippen LogP contribution in [-0.4, -0.2) is 0 Å². The molecule has 0 bridgehead atoms. The van der Waals surface area contributed by atoms with Gasteiger partial charge >= 0.3 is 0 Å². The van der Waals surface area contributed by atoms with Crippen molar-refractivity contribution in [1.82, 2.24) is 0 Å². The minimum Gasteiger partial charge on any atom is -0.0843 e. The third-order valence-electron chi connectivity index (χ3n) is 3.89. The summed E-state index contributed by atoms with van der Waals surface area (Å²) in [6, 6.07) is 17.2. The fraction of sp³-hybridized carbons (Fsp3) is 0.294. The molecule has 1 atom stereocenters. The van der Waals surface area contributed by atoms with Crippen molar-refractivity contribution in [3.8, 4) is 0 Å². The second kappa shape index (κ2) is 5.16. The molecule has 1 unspecified atom stereocenters. The first-order chi connectivity index (χ1) is 8.83. The highest BCUT2D eigenvalue weighted by Crippen LogP contribution is 2.34. The molecule has 0 nitrogen and oxygen atoms in total. The number of halogens is 1. The molecule has 3 rings (SSSR count). The fourth-order valence-electron chi connectivity index (χ4n) is 2.97. The van der Waals surface area contributed by atoms with Crippen LogP contribution >= 0.6 is 11.6 Å². The molecule has 0 aromatic heterocycles. The number of hydrogen-bond acceptors (Lipinski definition) is 0. The Labute approximate surface area is 114 Å². The van der Waals surface area contributed by atoms with E-state index in [1.54, 1.807) is 11.1 Å². The lowest BCUT2D eigenvalue weighted by molar-refractivity contribution is 0.550. The standard InChI is InChI=1S/C17H17Cl/c18-16-10-8-13(9-11-16)12-15-6-3-5-14-4-1-2-7-17(14)15/h1-2,4,7-11,15H,3,5-6,12H2. The van der Waals surface area contributed by atoms with Crippen molar-refractivity contribution < 1.29 is 0 Å². The largest absolute Gasteiger partial charge is 0.0843 e. The lowest BCUT2D eigenvalue weighted by Crippen LogP contribution is -2.11. The van der Waals surface area contributed by atoms with Crippen LogP contribution in [0.3, 0.4) is 0 Å². The average Bonchev–Trinajstić information content (AvgIpc) is 2.42. The van der Waals surface area contributed by atoms with Gasteiger partial charge in [-0.3, -0.25) is 0 Å². The Balaban J connectivity index is 1.84. The third kappa shape index (κ3) is 2.44. The molecule has 0 saturated carbocycles. The summed E-state index contributed by atoms with van der Waals surface area (Å²) in [7, 11) is 0. The zero-order valence-corrected chi connectivity index (χ0v) is 11.2. The topological polar surface area (TPSA) is 0 Å². The second-order valence-electron chi connectivity index (χ2n) is 5.12. The van der Waals surface area contributed by atoms with Gasteiger partial charge in [-0.1, -0.05) is 48.0 Å². The zero-order valence-electron chi connectivity index (χ0n) is 10.4. The highest BCUT2D eigenvalue weighted by Gasteiger charge is 2.19. The van der Waals surface area contributed by atoms with Crippen molar-refractivity contribution in [3.05, 3.63) is 70.2 Å². The van der Waals surface area contributed by atoms with Gasteiger partial charge < -0.3 is 0 Å². The van der Waals surface area contributed by atoms with E-state index in [1.807, 2.05) is 12.1 Å². The number of rotatable bonds is 2. The minimum absolute atomic E-state index is 0.677. The molecule has 0 amide bonds. The highest BCUT2D eigenvalue weighted by atomic mass is 35.5. The molecule has 0 spiro atoms. The van der Waals surface area contributed by atoms with Crippen LogP contribution in [-0.2, 0) is 12.8 Å². The lowest BCUT2D eigenvalue weighted by Gasteiger charge is -2.25. The smallest absolute Gasteiger partial charge is 0.0406 e. The van der Waals surface area contributed by atoms with E-state index in [-0.39, 0.29) is 0 Å². The molecular weight excluding hydrogens is 240 g/mol. The van der Waals surface area contributed by atoms with Gasteiger partial charge in [-0.25, -0.2) is 0 Å². The van der Waals surface area contributed by atoms with Crippen molar-refractivity contribution in [1.29, 1.82) is 0 Å². The highest BCUT2D eigenvalue weighted by molar-refractivity contribution is 6.30. The summed E-state index contributed by atoms with van der Waals surface area (Å²) in [6.07, 6.45) is 5.00. The van der Waals surface area contributed by atoms with Crippen molar-refractivity contribution in [3.63, 3.8) is 0 Å². The molecule has 0 heterocycles. The number of hydrogen-bond donors (Lipinski definition) is 0. The van der Waals surface area contributed by atoms with Crippen molar-refractivity contribution in [2.75, 3.05) is 0 Å². The maximum absolute atomic E-state index is 5.94. The van der Waals surface area contributed by atoms with Crippen LogP contribution in [0.25, 0.3) is 0 Å². The van der Waals surface area contributed by atoms with Crippen LogP contribution in [0.4, 0.5) is 0 Å². The van der Waals surface area contributed by atoms with Crippen LogP contribution in [0.15, 0.2) is 48.5 Å². The van der Waals surface area contributed by atoms with E-state index in [0.717, 1.165) is 11.4 Å². The molecule has 2 aromatic rings. The van der Waals surface area contributed by atoms with Gasteiger partial charge in [-0.2, -0.15) is 0 Å². The molecule has 0 saturated heterocycles. The first kappa shape index (κ1) is 11.8. The van der Waals surface area contributed by atoms with Crippen molar-refractivity contribution in [2.45, 2.75) is 31.6 Å². The normalized spacial score (nSPS) is 18.4. The molecule has 2 aromatic carbocycles. The molecule has 1 aliphatic rings. The second-order valence-corrected chi connectivity index (χ2v) is 5.55. The molecule has 0 aliphatic heterocycles. The van der Waals surface area contributed by atoms with E-state index in [9.17, 15) is 0 Å². The summed E-state index contributed by atoms with van der Waals surface area (Å²) < 4.78 is 0. The molecule has 0 radical (unpaired) electrons. The van der Waals surface area contributed by atoms with Gasteiger partial charge in [0.1, 0.15) is 0 Å². The van der Waals surface area contributed by atoms with Gasteiger partial charge in [-0.15, -0.1) is 0 Å². The van der Waals surface area contributed by atoms with E-state index in [1.165, 1.54) is 24.8 Å². The van der Waals surface area contributed by atoms with E-state index < -0.39 is 0 Å². The number of aryl methyl sites for hydroxylation is 1. The van der Waals surface area contributed by atoms with Gasteiger partial charge in [-0.05, 0) is 60.4 Å². The summed E-state index contributed by atoms with van der Waals surface area (Å²) in [5, 5.41) is 0.822. The molecule has 0 fully saturated rings. The zero-order chi connectivity index (χ0) is 12.4. The van der Waals surface area contributed by atoms with Crippen LogP contribution in [0, 0.1) is 0 Å². The fourth-order valence-corrected chi connectivity index (χ4v) is 3.10. The quantitative estimate of drug-likeness (QED) is 0.709. The number of fused-ring (bicyclic) bond motifs is 1. The lowest BCUT2D eigenvalue weighted by atomic mass is 9.80. The summed E-state index contributed by atoms with van der Waals surface area (Å²) in [5.41, 5.74) is 4.49. The molecule has 92 valence electrons. The van der Waals surface area contributed by atoms with Gasteiger partial charge in [0.15, 0.2) is 0 Å². The van der Waals surface area contributed by atoms with Crippen LogP contribution in [0.2, 0.25) is 5.02 Å². The molecule has 1 heteroatoms. The minimum atomic E-state index is 0.677. The molecule has 18 heavy (non-hydrogen) atoms. The predicted molar refractivity (Wildman–Crippen MR) is 77.3 cm³/mol. The third-order valence-corrected chi connectivity index (χ3v) is 4.14. The SMILES string of the molecule is Clc1ccc(CC2CCCc3ccccc32)cc1. The Morgan fingerprint density at radius 1 is 1.00 bits per heavy atom. The summed E-state index contributed by atoms with van der Waals surface area (Å²) in [5.74, 6) is 0.677. The van der Waals surface area contributed by atoms with Crippen LogP contribution in [0.5, 0.6) is 0 Å². The van der Waals surface area contributed by atoms with E-state index in [2.05, 4.69) is 36.4 Å². The predicted octanol–water partition coefficient (Wildman–Crippen LogP) is 5.00. The van der Waals surface area contributed by atoms with E-state index in [0.29, 0.717) is 5.92 Å². The monoisotopic (exact) mass is 256 g/mol. The summed E-state index contributed by atoms with van der Waals surface area (Å²) in [6.45, 7) is 0. The van der Waals surface area contributed by atoms with Crippen LogP contribution in [0.1, 0.15) is 35.4 Å². The Hall–Kier alpha value is -1.27. The van der Waals surface area contributed by atoms with Crippen molar-refractivity contribution in [2.24, 2.45) is 0 Å². The van der Waals surface area contributed by atoms with Gasteiger partial charge in [0.05, 0.1) is 0 Å². The average molecular weight is 257 g/mol. The first-order valence-electron chi connectivity index (χ1n) is 6.65. The van der Waals surface area contributed by atoms with Gasteiger partial charge in [0, 0.05) is 5.02 Å². The summed E-state index contributed by atoms with van der Waals surface area (Å²) in [4.78, 5) is 0. The summed E-state index contributed by atoms with van der Waals surface area (Å²) >= 11 is 5.94. The molecule has 0 N–H and O–H groups in total. The Morgan fingerprint density at radius 3 is 2.61 bits per heavy atom. The van der Waals surface area contributed by atoms with Crippen LogP contribution < -0.4 is 0 Å². The van der Waals surface area contributed by atoms with Gasteiger partial charge in [0.2, 0.25) is 0 Å². The Bertz CT molecular complexity index is 528. The maximum Gasteiger partial charge on any atom is 0.0406 e. The van der Waals surface area contributed by atoms with E-state index in [4.69, 9.17) is 11.6 Å². The number of benzene rings is 2. The molecule has 1 aliphatic carbocycles. The maximum atomic E-state index is 5.94. The first-order valence-corrected chi connectivity index (χ1v) is 7.03. The van der Waals surface area contributed by atoms with E-state index >= 15 is 0 Å². The van der Waals surface area contributed by atoms with Crippen molar-refractivity contribution >= 4 is 11.6 Å². The molecular formula is C17H17Cl. The Morgan fingerprint density at radius 2 is 1.78 bits per heavy atom.